The van der Waals surface area contributed by atoms with Crippen LogP contribution < -0.4 is 14.4 Å². The summed E-state index contributed by atoms with van der Waals surface area (Å²) in [6, 6.07) is 9.19. The molecule has 6 nitrogen and oxygen atoms in total. The van der Waals surface area contributed by atoms with Crippen molar-refractivity contribution < 1.29 is 28.2 Å². The highest BCUT2D eigenvalue weighted by Crippen LogP contribution is 2.40. The fraction of sp³-hybridized carbons (Fsp3) is 0.300. The summed E-state index contributed by atoms with van der Waals surface area (Å²) >= 11 is 6.17. The molecule has 0 radical (unpaired) electrons. The third kappa shape index (κ3) is 4.04. The molecule has 1 saturated heterocycles. The maximum Gasteiger partial charge on any atom is 0.311 e. The molecule has 1 fully saturated rings. The predicted molar refractivity (Wildman–Crippen MR) is 101 cm³/mol. The van der Waals surface area contributed by atoms with Gasteiger partial charge in [-0.15, -0.1) is 0 Å². The van der Waals surface area contributed by atoms with Gasteiger partial charge in [0.25, 0.3) is 0 Å². The molecule has 2 aromatic carbocycles. The number of benzene rings is 2. The van der Waals surface area contributed by atoms with Crippen molar-refractivity contribution in [2.75, 3.05) is 25.7 Å². The van der Waals surface area contributed by atoms with Gasteiger partial charge in [0.05, 0.1) is 30.8 Å². The van der Waals surface area contributed by atoms with E-state index in [0.29, 0.717) is 22.2 Å². The van der Waals surface area contributed by atoms with Crippen LogP contribution in [0.2, 0.25) is 5.02 Å². The summed E-state index contributed by atoms with van der Waals surface area (Å²) in [4.78, 5) is 26.3. The lowest BCUT2D eigenvalue weighted by Gasteiger charge is -2.20. The van der Waals surface area contributed by atoms with Crippen molar-refractivity contribution in [3.8, 4) is 11.5 Å². The molecule has 0 saturated carbocycles. The van der Waals surface area contributed by atoms with E-state index < -0.39 is 17.7 Å². The summed E-state index contributed by atoms with van der Waals surface area (Å²) < 4.78 is 29.3. The Morgan fingerprint density at radius 3 is 2.61 bits per heavy atom. The molecule has 8 heteroatoms. The number of amides is 1. The topological polar surface area (TPSA) is 65.1 Å². The van der Waals surface area contributed by atoms with Gasteiger partial charge in [-0.3, -0.25) is 9.59 Å². The van der Waals surface area contributed by atoms with Crippen LogP contribution in [-0.2, 0) is 20.9 Å². The standard InChI is InChI=1S/C20H19ClFNO5/c1-26-17-9-18(27-2)16(8-14(17)21)23-10-13(7-19(23)24)20(25)28-11-12-5-3-4-6-15(12)22/h3-6,8-9,13H,7,10-11H2,1-2H3/t13-/m0/s1. The molecule has 0 unspecified atom stereocenters. The Morgan fingerprint density at radius 1 is 1.21 bits per heavy atom. The first kappa shape index (κ1) is 19.9. The summed E-state index contributed by atoms with van der Waals surface area (Å²) in [5, 5.41) is 0.316. The summed E-state index contributed by atoms with van der Waals surface area (Å²) in [5.41, 5.74) is 0.725. The van der Waals surface area contributed by atoms with Gasteiger partial charge in [-0.25, -0.2) is 4.39 Å². The predicted octanol–water partition coefficient (Wildman–Crippen LogP) is 3.59. The zero-order valence-corrected chi connectivity index (χ0v) is 16.2. The molecule has 1 heterocycles. The second kappa shape index (κ2) is 8.48. The molecule has 1 aliphatic rings. The molecule has 0 bridgehead atoms. The molecule has 0 aliphatic carbocycles. The van der Waals surface area contributed by atoms with Gasteiger partial charge in [-0.1, -0.05) is 29.8 Å². The van der Waals surface area contributed by atoms with Crippen LogP contribution in [0.1, 0.15) is 12.0 Å². The minimum atomic E-state index is -0.662. The number of carbonyl (C=O) groups excluding carboxylic acids is 2. The number of nitrogens with zero attached hydrogens (tertiary/aromatic N) is 1. The SMILES string of the molecule is COc1cc(OC)c(N2C[C@@H](C(=O)OCc3ccccc3F)CC2=O)cc1Cl. The third-order valence-corrected chi connectivity index (χ3v) is 4.83. The highest BCUT2D eigenvalue weighted by Gasteiger charge is 2.37. The molecule has 0 aromatic heterocycles. The molecule has 2 aromatic rings. The molecule has 1 aliphatic heterocycles. The van der Waals surface area contributed by atoms with Gasteiger partial charge < -0.3 is 19.1 Å². The highest BCUT2D eigenvalue weighted by molar-refractivity contribution is 6.32. The van der Waals surface area contributed by atoms with Gasteiger partial charge in [0.15, 0.2) is 0 Å². The lowest BCUT2D eigenvalue weighted by Crippen LogP contribution is -2.27. The minimum Gasteiger partial charge on any atom is -0.495 e. The molecule has 3 rings (SSSR count). The van der Waals surface area contributed by atoms with Crippen molar-refractivity contribution in [3.05, 3.63) is 52.8 Å². The van der Waals surface area contributed by atoms with Gasteiger partial charge in [-0.2, -0.15) is 0 Å². The van der Waals surface area contributed by atoms with Gasteiger partial charge in [0, 0.05) is 24.6 Å². The third-order valence-electron chi connectivity index (χ3n) is 4.53. The van der Waals surface area contributed by atoms with Gasteiger partial charge in [0.2, 0.25) is 5.91 Å². The van der Waals surface area contributed by atoms with Gasteiger partial charge in [0.1, 0.15) is 23.9 Å². The van der Waals surface area contributed by atoms with Crippen LogP contribution in [0.25, 0.3) is 0 Å². The molecule has 148 valence electrons. The van der Waals surface area contributed by atoms with Crippen LogP contribution in [0.3, 0.4) is 0 Å². The molecular formula is C20H19ClFNO5. The quantitative estimate of drug-likeness (QED) is 0.685. The normalized spacial score (nSPS) is 16.2. The molecule has 1 atom stereocenters. The highest BCUT2D eigenvalue weighted by atomic mass is 35.5. The van der Waals surface area contributed by atoms with E-state index in [1.807, 2.05) is 0 Å². The Kier molecular flexibility index (Phi) is 6.04. The largest absolute Gasteiger partial charge is 0.495 e. The number of carbonyl (C=O) groups is 2. The molecule has 28 heavy (non-hydrogen) atoms. The van der Waals surface area contributed by atoms with E-state index in [2.05, 4.69) is 0 Å². The second-order valence-corrected chi connectivity index (χ2v) is 6.67. The van der Waals surface area contributed by atoms with E-state index in [1.165, 1.54) is 25.2 Å². The average Bonchev–Trinajstić information content (AvgIpc) is 3.08. The average molecular weight is 408 g/mol. The maximum absolute atomic E-state index is 13.7. The van der Waals surface area contributed by atoms with E-state index >= 15 is 0 Å². The Hall–Kier alpha value is -2.80. The fourth-order valence-corrected chi connectivity index (χ4v) is 3.27. The van der Waals surface area contributed by atoms with Crippen molar-refractivity contribution in [1.82, 2.24) is 0 Å². The monoisotopic (exact) mass is 407 g/mol. The van der Waals surface area contributed by atoms with Crippen LogP contribution in [0.4, 0.5) is 10.1 Å². The Morgan fingerprint density at radius 2 is 1.93 bits per heavy atom. The maximum atomic E-state index is 13.7. The number of rotatable bonds is 6. The Labute approximate surface area is 166 Å². The summed E-state index contributed by atoms with van der Waals surface area (Å²) in [6.45, 7) is -0.0676. The van der Waals surface area contributed by atoms with E-state index in [4.69, 9.17) is 25.8 Å². The van der Waals surface area contributed by atoms with E-state index in [1.54, 1.807) is 30.3 Å². The number of methoxy groups -OCH3 is 2. The van der Waals surface area contributed by atoms with Crippen molar-refractivity contribution in [2.45, 2.75) is 13.0 Å². The van der Waals surface area contributed by atoms with Crippen LogP contribution in [-0.4, -0.2) is 32.6 Å². The summed E-state index contributed by atoms with van der Waals surface area (Å²) in [6.07, 6.45) is -0.0110. The number of esters is 1. The second-order valence-electron chi connectivity index (χ2n) is 6.26. The zero-order valence-electron chi connectivity index (χ0n) is 15.4. The first-order valence-electron chi connectivity index (χ1n) is 8.56. The first-order chi connectivity index (χ1) is 13.4. The number of halogens is 2. The molecular weight excluding hydrogens is 389 g/mol. The van der Waals surface area contributed by atoms with Gasteiger partial charge >= 0.3 is 5.97 Å². The summed E-state index contributed by atoms with van der Waals surface area (Å²) in [5.74, 6) is -1.11. The Balaban J connectivity index is 1.72. The smallest absolute Gasteiger partial charge is 0.311 e. The first-order valence-corrected chi connectivity index (χ1v) is 8.94. The van der Waals surface area contributed by atoms with Crippen LogP contribution in [0.5, 0.6) is 11.5 Å². The van der Waals surface area contributed by atoms with Gasteiger partial charge in [-0.05, 0) is 12.1 Å². The fourth-order valence-electron chi connectivity index (χ4n) is 3.04. The van der Waals surface area contributed by atoms with Crippen molar-refractivity contribution in [3.63, 3.8) is 0 Å². The molecule has 0 spiro atoms. The van der Waals surface area contributed by atoms with Crippen molar-refractivity contribution in [2.24, 2.45) is 5.92 Å². The van der Waals surface area contributed by atoms with Crippen LogP contribution in [0.15, 0.2) is 36.4 Å². The Bertz CT molecular complexity index is 904. The van der Waals surface area contributed by atoms with E-state index in [9.17, 15) is 14.0 Å². The lowest BCUT2D eigenvalue weighted by atomic mass is 10.1. The molecule has 0 N–H and O–H groups in total. The number of ether oxygens (including phenoxy) is 3. The lowest BCUT2D eigenvalue weighted by molar-refractivity contribution is -0.149. The number of anilines is 1. The van der Waals surface area contributed by atoms with Crippen LogP contribution in [0, 0.1) is 11.7 Å². The zero-order chi connectivity index (χ0) is 20.3. The minimum absolute atomic E-state index is 0.0110. The number of hydrogen-bond donors (Lipinski definition) is 0. The van der Waals surface area contributed by atoms with Crippen molar-refractivity contribution in [1.29, 1.82) is 0 Å². The van der Waals surface area contributed by atoms with Crippen LogP contribution >= 0.6 is 11.6 Å². The summed E-state index contributed by atoms with van der Waals surface area (Å²) in [7, 11) is 2.94. The number of hydrogen-bond acceptors (Lipinski definition) is 5. The van der Waals surface area contributed by atoms with E-state index in [-0.39, 0.29) is 31.0 Å². The van der Waals surface area contributed by atoms with E-state index in [0.717, 1.165) is 0 Å². The van der Waals surface area contributed by atoms with Crippen molar-refractivity contribution >= 4 is 29.2 Å². The molecule has 1 amide bonds.